The van der Waals surface area contributed by atoms with Crippen molar-refractivity contribution < 1.29 is 51.0 Å². The predicted molar refractivity (Wildman–Crippen MR) is 201 cm³/mol. The van der Waals surface area contributed by atoms with Crippen LogP contribution < -0.4 is 15.0 Å². The third kappa shape index (κ3) is 9.58. The van der Waals surface area contributed by atoms with Crippen LogP contribution in [-0.2, 0) is 32.7 Å². The summed E-state index contributed by atoms with van der Waals surface area (Å²) in [6.07, 6.45) is -5.72. The zero-order chi connectivity index (χ0) is 41.9. The monoisotopic (exact) mass is 795 g/mol. The van der Waals surface area contributed by atoms with Gasteiger partial charge < -0.3 is 34.2 Å². The molecule has 1 unspecified atom stereocenters. The van der Waals surface area contributed by atoms with E-state index in [4.69, 9.17) is 20.8 Å². The summed E-state index contributed by atoms with van der Waals surface area (Å²) < 4.78 is 77.3. The summed E-state index contributed by atoms with van der Waals surface area (Å²) in [6, 6.07) is 12.3. The lowest BCUT2D eigenvalue weighted by Crippen LogP contribution is -2.55. The van der Waals surface area contributed by atoms with E-state index in [9.17, 15) is 19.2 Å². The molecule has 4 amide bonds. The second-order valence-corrected chi connectivity index (χ2v) is 15.2. The first-order chi connectivity index (χ1) is 26.7. The highest BCUT2D eigenvalue weighted by molar-refractivity contribution is 6.06. The summed E-state index contributed by atoms with van der Waals surface area (Å²) in [5, 5.41) is 2.52. The number of ether oxygens (including phenoxy) is 3. The van der Waals surface area contributed by atoms with Crippen molar-refractivity contribution in [2.45, 2.75) is 90.5 Å². The van der Waals surface area contributed by atoms with Crippen LogP contribution >= 0.6 is 0 Å². The molecule has 0 bridgehead atoms. The number of amides is 4. The standard InChI is InChI=1S/C41H45F4N5O7/c1-25(2)50(28-14-11-18-48(23-28)38(54)57-39(3,4)5)35(51)29-21-33-34(22-30(29)41(43,44)45)56-40(6,31-20-27(46-7)15-16-32(31)42)36(52)49(33)19-17-47-37(53)55-24-26-12-9-8-10-13-26/h8-10,12-13,15-16,20-22,25,28H,11,14,17-19,23-24H2,1-6H3,(H,47,53)/t28-,40?/m1/s1. The minimum Gasteiger partial charge on any atom is -0.471 e. The molecule has 304 valence electrons. The number of alkyl carbamates (subject to hydrolysis) is 1. The van der Waals surface area contributed by atoms with Crippen LogP contribution in [0.4, 0.5) is 38.5 Å². The second-order valence-electron chi connectivity index (χ2n) is 15.2. The average Bonchev–Trinajstić information content (AvgIpc) is 3.14. The topological polar surface area (TPSA) is 122 Å². The highest BCUT2D eigenvalue weighted by Gasteiger charge is 2.50. The highest BCUT2D eigenvalue weighted by Crippen LogP contribution is 2.47. The number of benzene rings is 3. The zero-order valence-corrected chi connectivity index (χ0v) is 32.5. The fourth-order valence-corrected chi connectivity index (χ4v) is 6.92. The van der Waals surface area contributed by atoms with Crippen LogP contribution in [-0.4, -0.2) is 77.7 Å². The molecule has 2 atom stereocenters. The molecule has 0 aromatic heterocycles. The normalized spacial score (nSPS) is 18.3. The van der Waals surface area contributed by atoms with Gasteiger partial charge in [-0.2, -0.15) is 13.2 Å². The number of piperidine rings is 1. The van der Waals surface area contributed by atoms with Crippen LogP contribution in [0.5, 0.6) is 5.75 Å². The molecule has 16 heteroatoms. The average molecular weight is 796 g/mol. The molecular weight excluding hydrogens is 750 g/mol. The number of nitrogens with one attached hydrogen (secondary N) is 1. The first-order valence-electron chi connectivity index (χ1n) is 18.4. The molecule has 0 spiro atoms. The Kier molecular flexibility index (Phi) is 12.4. The van der Waals surface area contributed by atoms with Crippen LogP contribution in [0.2, 0.25) is 0 Å². The van der Waals surface area contributed by atoms with Crippen molar-refractivity contribution in [2.75, 3.05) is 31.1 Å². The van der Waals surface area contributed by atoms with Gasteiger partial charge in [-0.05, 0) is 84.2 Å². The lowest BCUT2D eigenvalue weighted by atomic mass is 9.90. The number of halogens is 4. The summed E-state index contributed by atoms with van der Waals surface area (Å²) in [7, 11) is 0. The summed E-state index contributed by atoms with van der Waals surface area (Å²) >= 11 is 0. The molecule has 12 nitrogen and oxygen atoms in total. The van der Waals surface area contributed by atoms with Gasteiger partial charge in [0, 0.05) is 37.8 Å². The number of carbonyl (C=O) groups is 4. The van der Waals surface area contributed by atoms with Gasteiger partial charge in [0.2, 0.25) is 5.60 Å². The summed E-state index contributed by atoms with van der Waals surface area (Å²) in [5.41, 5.74) is -5.22. The van der Waals surface area contributed by atoms with Gasteiger partial charge in [-0.25, -0.2) is 18.8 Å². The third-order valence-electron chi connectivity index (χ3n) is 9.54. The second kappa shape index (κ2) is 16.7. The van der Waals surface area contributed by atoms with Crippen molar-refractivity contribution in [3.05, 3.63) is 100 Å². The Balaban J connectivity index is 1.54. The molecular formula is C41H45F4N5O7. The maximum atomic E-state index is 15.4. The number of alkyl halides is 3. The van der Waals surface area contributed by atoms with Crippen molar-refractivity contribution in [3.63, 3.8) is 0 Å². The van der Waals surface area contributed by atoms with E-state index in [2.05, 4.69) is 10.2 Å². The molecule has 0 aliphatic carbocycles. The van der Waals surface area contributed by atoms with E-state index in [0.717, 1.165) is 23.1 Å². The molecule has 57 heavy (non-hydrogen) atoms. The lowest BCUT2D eigenvalue weighted by molar-refractivity contribution is -0.138. The minimum atomic E-state index is -5.11. The SMILES string of the molecule is [C-]#[N+]c1ccc(F)c(C2(C)Oc3cc(C(F)(F)F)c(C(=O)N(C(C)C)[C@@H]4CCCN(C(=O)OC(C)(C)C)C4)cc3N(CCNC(=O)OCc3ccccc3)C2=O)c1. The predicted octanol–water partition coefficient (Wildman–Crippen LogP) is 8.21. The molecule has 1 fully saturated rings. The van der Waals surface area contributed by atoms with Gasteiger partial charge in [0.15, 0.2) is 5.69 Å². The van der Waals surface area contributed by atoms with Crippen LogP contribution in [0, 0.1) is 12.4 Å². The number of hydrogen-bond donors (Lipinski definition) is 1. The number of rotatable bonds is 9. The number of nitrogens with zero attached hydrogens (tertiary/aromatic N) is 4. The quantitative estimate of drug-likeness (QED) is 0.171. The zero-order valence-electron chi connectivity index (χ0n) is 32.5. The largest absolute Gasteiger partial charge is 0.471 e. The highest BCUT2D eigenvalue weighted by atomic mass is 19.4. The van der Waals surface area contributed by atoms with Crippen LogP contribution in [0.1, 0.15) is 81.4 Å². The Labute approximate surface area is 328 Å². The Morgan fingerprint density at radius 3 is 2.42 bits per heavy atom. The molecule has 0 saturated carbocycles. The van der Waals surface area contributed by atoms with E-state index >= 15 is 17.6 Å². The van der Waals surface area contributed by atoms with Gasteiger partial charge in [-0.1, -0.05) is 36.4 Å². The third-order valence-corrected chi connectivity index (χ3v) is 9.54. The Bertz CT molecular complexity index is 2050. The van der Waals surface area contributed by atoms with Crippen molar-refractivity contribution >= 4 is 35.4 Å². The Morgan fingerprint density at radius 1 is 1.09 bits per heavy atom. The fraction of sp³-hybridized carbons (Fsp3) is 0.439. The van der Waals surface area contributed by atoms with Gasteiger partial charge in [0.25, 0.3) is 11.8 Å². The minimum absolute atomic E-state index is 0.0124. The van der Waals surface area contributed by atoms with E-state index in [1.165, 1.54) is 22.8 Å². The van der Waals surface area contributed by atoms with E-state index < -0.39 is 81.7 Å². The molecule has 2 aliphatic rings. The van der Waals surface area contributed by atoms with Gasteiger partial charge in [-0.15, -0.1) is 0 Å². The smallest absolute Gasteiger partial charge is 0.417 e. The number of fused-ring (bicyclic) bond motifs is 1. The fourth-order valence-electron chi connectivity index (χ4n) is 6.92. The Hall–Kier alpha value is -5.85. The van der Waals surface area contributed by atoms with Gasteiger partial charge in [-0.3, -0.25) is 9.59 Å². The van der Waals surface area contributed by atoms with E-state index in [1.54, 1.807) is 65.0 Å². The first-order valence-corrected chi connectivity index (χ1v) is 18.4. The molecule has 3 aromatic rings. The van der Waals surface area contributed by atoms with Crippen LogP contribution in [0.3, 0.4) is 0 Å². The van der Waals surface area contributed by atoms with Gasteiger partial charge in [0.05, 0.1) is 29.4 Å². The van der Waals surface area contributed by atoms with Crippen molar-refractivity contribution in [1.29, 1.82) is 0 Å². The molecule has 2 aliphatic heterocycles. The number of likely N-dealkylation sites (tertiary alicyclic amines) is 1. The van der Waals surface area contributed by atoms with Gasteiger partial charge >= 0.3 is 18.4 Å². The summed E-state index contributed by atoms with van der Waals surface area (Å²) in [5.74, 6) is -3.39. The molecule has 1 N–H and O–H groups in total. The maximum absolute atomic E-state index is 15.4. The molecule has 1 saturated heterocycles. The van der Waals surface area contributed by atoms with E-state index in [1.807, 2.05) is 0 Å². The summed E-state index contributed by atoms with van der Waals surface area (Å²) in [6.45, 7) is 16.6. The van der Waals surface area contributed by atoms with Crippen LogP contribution in [0.25, 0.3) is 4.85 Å². The van der Waals surface area contributed by atoms with E-state index in [-0.39, 0.29) is 37.6 Å². The maximum Gasteiger partial charge on any atom is 0.417 e. The van der Waals surface area contributed by atoms with Crippen molar-refractivity contribution in [3.8, 4) is 5.75 Å². The Morgan fingerprint density at radius 2 is 1.79 bits per heavy atom. The molecule has 5 rings (SSSR count). The molecule has 2 heterocycles. The number of anilines is 1. The lowest BCUT2D eigenvalue weighted by Gasteiger charge is -2.43. The number of carbonyl (C=O) groups excluding carboxylic acids is 4. The van der Waals surface area contributed by atoms with Gasteiger partial charge in [0.1, 0.15) is 23.8 Å². The first kappa shape index (κ1) is 42.3. The molecule has 3 aromatic carbocycles. The van der Waals surface area contributed by atoms with Crippen molar-refractivity contribution in [1.82, 2.24) is 15.1 Å². The van der Waals surface area contributed by atoms with Crippen molar-refractivity contribution in [2.24, 2.45) is 0 Å². The van der Waals surface area contributed by atoms with E-state index in [0.29, 0.717) is 31.0 Å². The molecule has 0 radical (unpaired) electrons. The van der Waals surface area contributed by atoms with Crippen LogP contribution in [0.15, 0.2) is 60.7 Å². The summed E-state index contributed by atoms with van der Waals surface area (Å²) in [4.78, 5) is 61.6. The number of hydrogen-bond acceptors (Lipinski definition) is 7.